The monoisotopic (exact) mass is 246 g/mol. The average Bonchev–Trinajstić information content (AvgIpc) is 2.27. The van der Waals surface area contributed by atoms with Gasteiger partial charge >= 0.3 is 0 Å². The SMILES string of the molecule is CC(C)(C)c1cc2ccccc2c([SiH2]O)c1O. The second-order valence-electron chi connectivity index (χ2n) is 5.38. The van der Waals surface area contributed by atoms with Gasteiger partial charge in [0.15, 0.2) is 9.76 Å². The summed E-state index contributed by atoms with van der Waals surface area (Å²) >= 11 is 0. The standard InChI is InChI=1S/C14H18O2Si/c1-14(2,3)11-8-9-6-4-5-7-10(9)13(17-16)12(11)15/h4-8,15-16H,17H2,1-3H3. The zero-order valence-corrected chi connectivity index (χ0v) is 11.9. The topological polar surface area (TPSA) is 40.5 Å². The van der Waals surface area contributed by atoms with Gasteiger partial charge in [0.2, 0.25) is 0 Å². The van der Waals surface area contributed by atoms with Crippen molar-refractivity contribution < 1.29 is 9.90 Å². The van der Waals surface area contributed by atoms with E-state index in [1.165, 1.54) is 0 Å². The molecule has 2 rings (SSSR count). The van der Waals surface area contributed by atoms with Crippen LogP contribution in [0.5, 0.6) is 5.75 Å². The van der Waals surface area contributed by atoms with Crippen LogP contribution in [-0.2, 0) is 5.41 Å². The van der Waals surface area contributed by atoms with Gasteiger partial charge in [0, 0.05) is 5.19 Å². The maximum absolute atomic E-state index is 10.3. The van der Waals surface area contributed by atoms with Crippen LogP contribution in [0.15, 0.2) is 30.3 Å². The van der Waals surface area contributed by atoms with Crippen molar-refractivity contribution in [3.63, 3.8) is 0 Å². The second kappa shape index (κ2) is 4.16. The van der Waals surface area contributed by atoms with Crippen molar-refractivity contribution in [2.45, 2.75) is 26.2 Å². The average molecular weight is 246 g/mol. The molecule has 0 saturated heterocycles. The zero-order chi connectivity index (χ0) is 12.6. The van der Waals surface area contributed by atoms with E-state index in [1.807, 2.05) is 30.3 Å². The summed E-state index contributed by atoms with van der Waals surface area (Å²) in [5.74, 6) is 0.283. The lowest BCUT2D eigenvalue weighted by Gasteiger charge is -2.23. The zero-order valence-electron chi connectivity index (χ0n) is 10.5. The summed E-state index contributed by atoms with van der Waals surface area (Å²) in [7, 11) is -1.39. The smallest absolute Gasteiger partial charge is 0.192 e. The fourth-order valence-electron chi connectivity index (χ4n) is 2.14. The predicted molar refractivity (Wildman–Crippen MR) is 74.7 cm³/mol. The molecule has 0 amide bonds. The quantitative estimate of drug-likeness (QED) is 0.749. The summed E-state index contributed by atoms with van der Waals surface area (Å²) in [6, 6.07) is 9.93. The molecule has 0 unspecified atom stereocenters. The fourth-order valence-corrected chi connectivity index (χ4v) is 2.98. The maximum atomic E-state index is 10.3. The molecule has 0 fully saturated rings. The van der Waals surface area contributed by atoms with Crippen molar-refractivity contribution in [3.05, 3.63) is 35.9 Å². The van der Waals surface area contributed by atoms with E-state index in [2.05, 4.69) is 20.8 Å². The molecule has 0 spiro atoms. The molecule has 0 atom stereocenters. The van der Waals surface area contributed by atoms with Crippen LogP contribution in [0, 0.1) is 0 Å². The van der Waals surface area contributed by atoms with Crippen molar-refractivity contribution in [2.75, 3.05) is 0 Å². The van der Waals surface area contributed by atoms with Crippen molar-refractivity contribution in [1.29, 1.82) is 0 Å². The molecule has 2 aromatic rings. The van der Waals surface area contributed by atoms with Gasteiger partial charge < -0.3 is 9.90 Å². The highest BCUT2D eigenvalue weighted by Crippen LogP contribution is 2.32. The third kappa shape index (κ3) is 2.08. The molecule has 0 aliphatic rings. The molecule has 2 N–H and O–H groups in total. The van der Waals surface area contributed by atoms with Gasteiger partial charge in [-0.2, -0.15) is 0 Å². The first-order valence-corrected chi connectivity index (χ1v) is 7.14. The lowest BCUT2D eigenvalue weighted by Crippen LogP contribution is -2.21. The van der Waals surface area contributed by atoms with E-state index in [0.29, 0.717) is 0 Å². The van der Waals surface area contributed by atoms with Gasteiger partial charge in [-0.1, -0.05) is 45.0 Å². The number of aromatic hydroxyl groups is 1. The first kappa shape index (κ1) is 12.1. The molecule has 0 aliphatic heterocycles. The number of phenols is 1. The van der Waals surface area contributed by atoms with Crippen LogP contribution in [0.1, 0.15) is 26.3 Å². The first-order valence-electron chi connectivity index (χ1n) is 5.80. The molecule has 2 aromatic carbocycles. The summed E-state index contributed by atoms with van der Waals surface area (Å²) in [6.45, 7) is 6.21. The van der Waals surface area contributed by atoms with E-state index in [-0.39, 0.29) is 11.2 Å². The van der Waals surface area contributed by atoms with Crippen LogP contribution in [0.3, 0.4) is 0 Å². The summed E-state index contributed by atoms with van der Waals surface area (Å²) in [5, 5.41) is 13.1. The van der Waals surface area contributed by atoms with E-state index in [0.717, 1.165) is 21.5 Å². The second-order valence-corrected chi connectivity index (χ2v) is 6.40. The molecule has 0 aromatic heterocycles. The normalized spacial score (nSPS) is 12.7. The molecular formula is C14H18O2Si. The van der Waals surface area contributed by atoms with Gasteiger partial charge in [-0.3, -0.25) is 0 Å². The highest BCUT2D eigenvalue weighted by Gasteiger charge is 2.21. The minimum atomic E-state index is -1.39. The number of phenolic OH excluding ortho intramolecular Hbond substituents is 1. The number of rotatable bonds is 1. The fraction of sp³-hybridized carbons (Fsp3) is 0.286. The van der Waals surface area contributed by atoms with E-state index < -0.39 is 9.76 Å². The van der Waals surface area contributed by atoms with E-state index >= 15 is 0 Å². The molecule has 90 valence electrons. The predicted octanol–water partition coefficient (Wildman–Crippen LogP) is 1.54. The maximum Gasteiger partial charge on any atom is 0.192 e. The van der Waals surface area contributed by atoms with Crippen LogP contribution in [0.25, 0.3) is 10.8 Å². The van der Waals surface area contributed by atoms with E-state index in [9.17, 15) is 9.90 Å². The van der Waals surface area contributed by atoms with Crippen molar-refractivity contribution in [1.82, 2.24) is 0 Å². The number of hydrogen-bond donors (Lipinski definition) is 2. The van der Waals surface area contributed by atoms with Gasteiger partial charge in [-0.05, 0) is 27.8 Å². The van der Waals surface area contributed by atoms with Crippen LogP contribution >= 0.6 is 0 Å². The highest BCUT2D eigenvalue weighted by atomic mass is 28.2. The van der Waals surface area contributed by atoms with Gasteiger partial charge in [-0.25, -0.2) is 0 Å². The Morgan fingerprint density at radius 3 is 2.35 bits per heavy atom. The Labute approximate surface area is 104 Å². The number of hydrogen-bond acceptors (Lipinski definition) is 2. The Morgan fingerprint density at radius 2 is 1.76 bits per heavy atom. The molecule has 0 radical (unpaired) electrons. The summed E-state index contributed by atoms with van der Waals surface area (Å²) in [5.41, 5.74) is 0.791. The molecule has 0 bridgehead atoms. The van der Waals surface area contributed by atoms with Crippen molar-refractivity contribution in [3.8, 4) is 5.75 Å². The Kier molecular flexibility index (Phi) is 2.97. The Balaban J connectivity index is 2.85. The van der Waals surface area contributed by atoms with Crippen molar-refractivity contribution in [2.24, 2.45) is 0 Å². The summed E-state index contributed by atoms with van der Waals surface area (Å²) in [6.07, 6.45) is 0. The Morgan fingerprint density at radius 1 is 1.12 bits per heavy atom. The lowest BCUT2D eigenvalue weighted by atomic mass is 9.85. The molecule has 0 heterocycles. The minimum absolute atomic E-state index is 0.119. The van der Waals surface area contributed by atoms with Crippen LogP contribution in [0.2, 0.25) is 0 Å². The molecule has 0 aliphatic carbocycles. The number of benzene rings is 2. The van der Waals surface area contributed by atoms with Gasteiger partial charge in [0.1, 0.15) is 5.75 Å². The Bertz CT molecular complexity index is 556. The summed E-state index contributed by atoms with van der Waals surface area (Å²) < 4.78 is 0. The lowest BCUT2D eigenvalue weighted by molar-refractivity contribution is 0.450. The molecular weight excluding hydrogens is 228 g/mol. The van der Waals surface area contributed by atoms with Crippen LogP contribution < -0.4 is 5.19 Å². The first-order chi connectivity index (χ1) is 7.95. The van der Waals surface area contributed by atoms with E-state index in [4.69, 9.17) is 0 Å². The molecule has 2 nitrogen and oxygen atoms in total. The summed E-state index contributed by atoms with van der Waals surface area (Å²) in [4.78, 5) is 9.59. The largest absolute Gasteiger partial charge is 0.508 e. The van der Waals surface area contributed by atoms with Crippen LogP contribution in [0.4, 0.5) is 0 Å². The van der Waals surface area contributed by atoms with Crippen LogP contribution in [-0.4, -0.2) is 19.7 Å². The number of fused-ring (bicyclic) bond motifs is 1. The highest BCUT2D eigenvalue weighted by molar-refractivity contribution is 6.51. The van der Waals surface area contributed by atoms with E-state index in [1.54, 1.807) is 0 Å². The van der Waals surface area contributed by atoms with Gasteiger partial charge in [0.05, 0.1) is 0 Å². The molecule has 0 saturated carbocycles. The van der Waals surface area contributed by atoms with Gasteiger partial charge in [0.25, 0.3) is 0 Å². The third-order valence-electron chi connectivity index (χ3n) is 3.09. The Hall–Kier alpha value is -1.32. The minimum Gasteiger partial charge on any atom is -0.508 e. The van der Waals surface area contributed by atoms with Crippen molar-refractivity contribution >= 4 is 25.7 Å². The third-order valence-corrected chi connectivity index (χ3v) is 4.12. The molecule has 3 heteroatoms. The van der Waals surface area contributed by atoms with Gasteiger partial charge in [-0.15, -0.1) is 0 Å². The molecule has 17 heavy (non-hydrogen) atoms.